The van der Waals surface area contributed by atoms with Gasteiger partial charge in [-0.2, -0.15) is 0 Å². The second-order valence-electron chi connectivity index (χ2n) is 7.24. The second-order valence-corrected chi connectivity index (χ2v) is 7.24. The summed E-state index contributed by atoms with van der Waals surface area (Å²) >= 11 is 0. The van der Waals surface area contributed by atoms with Gasteiger partial charge in [-0.3, -0.25) is 9.69 Å². The average Bonchev–Trinajstić information content (AvgIpc) is 2.69. The zero-order chi connectivity index (χ0) is 18.4. The molecule has 1 saturated heterocycles. The standard InChI is InChI=1S/C23H30N2O/c1-3-4-10-22(26)24-15-17-25(18-16-24)23(20-8-6-5-7-9-20)21-13-11-19(2)12-14-21/h5-9,11-14,23H,3-4,10,15-18H2,1-2H3/t23-/m0/s1. The molecule has 0 bridgehead atoms. The maximum atomic E-state index is 12.3. The van der Waals surface area contributed by atoms with E-state index in [2.05, 4.69) is 73.3 Å². The predicted molar refractivity (Wildman–Crippen MR) is 107 cm³/mol. The van der Waals surface area contributed by atoms with Crippen molar-refractivity contribution in [2.75, 3.05) is 26.2 Å². The molecule has 1 aliphatic rings. The molecule has 1 atom stereocenters. The topological polar surface area (TPSA) is 23.6 Å². The minimum absolute atomic E-state index is 0.254. The number of hydrogen-bond acceptors (Lipinski definition) is 2. The monoisotopic (exact) mass is 350 g/mol. The number of benzene rings is 2. The quantitative estimate of drug-likeness (QED) is 0.770. The molecule has 1 heterocycles. The fourth-order valence-corrected chi connectivity index (χ4v) is 3.71. The van der Waals surface area contributed by atoms with Crippen molar-refractivity contribution in [2.24, 2.45) is 0 Å². The van der Waals surface area contributed by atoms with Gasteiger partial charge < -0.3 is 4.90 Å². The summed E-state index contributed by atoms with van der Waals surface area (Å²) in [5, 5.41) is 0. The summed E-state index contributed by atoms with van der Waals surface area (Å²) in [4.78, 5) is 16.9. The third-order valence-corrected chi connectivity index (χ3v) is 5.28. The van der Waals surface area contributed by atoms with Crippen molar-refractivity contribution in [3.8, 4) is 0 Å². The molecule has 0 unspecified atom stereocenters. The molecular weight excluding hydrogens is 320 g/mol. The first-order valence-corrected chi connectivity index (χ1v) is 9.82. The Kier molecular flexibility index (Phi) is 6.45. The number of aryl methyl sites for hydroxylation is 1. The summed E-state index contributed by atoms with van der Waals surface area (Å²) in [7, 11) is 0. The van der Waals surface area contributed by atoms with Crippen molar-refractivity contribution in [2.45, 2.75) is 39.2 Å². The Labute approximate surface area is 157 Å². The minimum Gasteiger partial charge on any atom is -0.340 e. The molecule has 2 aromatic carbocycles. The number of unbranched alkanes of at least 4 members (excludes halogenated alkanes) is 1. The van der Waals surface area contributed by atoms with Crippen LogP contribution in [0.1, 0.15) is 48.9 Å². The molecule has 0 spiro atoms. The molecule has 138 valence electrons. The van der Waals surface area contributed by atoms with Crippen molar-refractivity contribution >= 4 is 5.91 Å². The summed E-state index contributed by atoms with van der Waals surface area (Å²) in [6, 6.07) is 19.8. The molecule has 0 aromatic heterocycles. The van der Waals surface area contributed by atoms with Crippen LogP contribution in [0.15, 0.2) is 54.6 Å². The Balaban J connectivity index is 1.75. The van der Waals surface area contributed by atoms with E-state index < -0.39 is 0 Å². The lowest BCUT2D eigenvalue weighted by Gasteiger charge is -2.40. The first-order chi connectivity index (χ1) is 12.7. The molecule has 1 fully saturated rings. The van der Waals surface area contributed by atoms with E-state index in [9.17, 15) is 4.79 Å². The van der Waals surface area contributed by atoms with E-state index in [-0.39, 0.29) is 6.04 Å². The van der Waals surface area contributed by atoms with Crippen LogP contribution in [0.5, 0.6) is 0 Å². The Morgan fingerprint density at radius 1 is 0.923 bits per heavy atom. The van der Waals surface area contributed by atoms with Gasteiger partial charge in [-0.15, -0.1) is 0 Å². The summed E-state index contributed by atoms with van der Waals surface area (Å²) in [5.41, 5.74) is 3.93. The van der Waals surface area contributed by atoms with Gasteiger partial charge in [0.15, 0.2) is 0 Å². The fraction of sp³-hybridized carbons (Fsp3) is 0.435. The largest absolute Gasteiger partial charge is 0.340 e. The van der Waals surface area contributed by atoms with Crippen molar-refractivity contribution in [1.82, 2.24) is 9.80 Å². The highest BCUT2D eigenvalue weighted by Crippen LogP contribution is 2.29. The summed E-state index contributed by atoms with van der Waals surface area (Å²) < 4.78 is 0. The number of rotatable bonds is 6. The number of amides is 1. The van der Waals surface area contributed by atoms with E-state index in [0.29, 0.717) is 12.3 Å². The Morgan fingerprint density at radius 2 is 1.54 bits per heavy atom. The normalized spacial score (nSPS) is 16.5. The van der Waals surface area contributed by atoms with Crippen LogP contribution >= 0.6 is 0 Å². The average molecular weight is 351 g/mol. The van der Waals surface area contributed by atoms with E-state index in [4.69, 9.17) is 0 Å². The third kappa shape index (κ3) is 4.53. The van der Waals surface area contributed by atoms with Gasteiger partial charge in [0.1, 0.15) is 0 Å². The molecule has 0 radical (unpaired) electrons. The van der Waals surface area contributed by atoms with E-state index in [1.165, 1.54) is 16.7 Å². The molecule has 3 rings (SSSR count). The maximum absolute atomic E-state index is 12.3. The molecular formula is C23H30N2O. The zero-order valence-electron chi connectivity index (χ0n) is 16.0. The van der Waals surface area contributed by atoms with Crippen LogP contribution in [0.25, 0.3) is 0 Å². The van der Waals surface area contributed by atoms with Gasteiger partial charge in [0, 0.05) is 32.6 Å². The van der Waals surface area contributed by atoms with Gasteiger partial charge in [0.2, 0.25) is 5.91 Å². The molecule has 1 aliphatic heterocycles. The van der Waals surface area contributed by atoms with Crippen LogP contribution in [0.2, 0.25) is 0 Å². The van der Waals surface area contributed by atoms with Gasteiger partial charge in [0.05, 0.1) is 6.04 Å². The van der Waals surface area contributed by atoms with Gasteiger partial charge >= 0.3 is 0 Å². The molecule has 26 heavy (non-hydrogen) atoms. The predicted octanol–water partition coefficient (Wildman–Crippen LogP) is 4.42. The second kappa shape index (κ2) is 9.00. The van der Waals surface area contributed by atoms with Crippen LogP contribution in [-0.2, 0) is 4.79 Å². The van der Waals surface area contributed by atoms with Crippen LogP contribution in [0.3, 0.4) is 0 Å². The van der Waals surface area contributed by atoms with E-state index >= 15 is 0 Å². The van der Waals surface area contributed by atoms with Crippen molar-refractivity contribution < 1.29 is 4.79 Å². The first-order valence-electron chi connectivity index (χ1n) is 9.82. The lowest BCUT2D eigenvalue weighted by atomic mass is 9.95. The summed E-state index contributed by atoms with van der Waals surface area (Å²) in [5.74, 6) is 0.318. The van der Waals surface area contributed by atoms with Gasteiger partial charge in [0.25, 0.3) is 0 Å². The summed E-state index contributed by atoms with van der Waals surface area (Å²) in [6.45, 7) is 7.77. The van der Waals surface area contributed by atoms with Crippen molar-refractivity contribution in [3.05, 3.63) is 71.3 Å². The lowest BCUT2D eigenvalue weighted by molar-refractivity contribution is -0.133. The third-order valence-electron chi connectivity index (χ3n) is 5.28. The first kappa shape index (κ1) is 18.7. The highest BCUT2D eigenvalue weighted by molar-refractivity contribution is 5.76. The Hall–Kier alpha value is -2.13. The van der Waals surface area contributed by atoms with Crippen LogP contribution in [0, 0.1) is 6.92 Å². The molecule has 3 nitrogen and oxygen atoms in total. The van der Waals surface area contributed by atoms with Crippen molar-refractivity contribution in [1.29, 1.82) is 0 Å². The van der Waals surface area contributed by atoms with Gasteiger partial charge in [-0.05, 0) is 24.5 Å². The molecule has 0 N–H and O–H groups in total. The van der Waals surface area contributed by atoms with E-state index in [1.54, 1.807) is 0 Å². The minimum atomic E-state index is 0.254. The molecule has 2 aromatic rings. The summed E-state index contributed by atoms with van der Waals surface area (Å²) in [6.07, 6.45) is 2.76. The maximum Gasteiger partial charge on any atom is 0.222 e. The lowest BCUT2D eigenvalue weighted by Crippen LogP contribution is -2.49. The smallest absolute Gasteiger partial charge is 0.222 e. The van der Waals surface area contributed by atoms with Crippen LogP contribution in [0.4, 0.5) is 0 Å². The number of nitrogens with zero attached hydrogens (tertiary/aromatic N) is 2. The number of hydrogen-bond donors (Lipinski definition) is 0. The van der Waals surface area contributed by atoms with Crippen molar-refractivity contribution in [3.63, 3.8) is 0 Å². The highest BCUT2D eigenvalue weighted by atomic mass is 16.2. The zero-order valence-corrected chi connectivity index (χ0v) is 16.0. The van der Waals surface area contributed by atoms with Gasteiger partial charge in [-0.25, -0.2) is 0 Å². The fourth-order valence-electron chi connectivity index (χ4n) is 3.71. The number of carbonyl (C=O) groups is 1. The Bertz CT molecular complexity index is 688. The van der Waals surface area contributed by atoms with E-state index in [1.807, 2.05) is 4.90 Å². The molecule has 0 saturated carbocycles. The van der Waals surface area contributed by atoms with Crippen LogP contribution in [-0.4, -0.2) is 41.9 Å². The van der Waals surface area contributed by atoms with Gasteiger partial charge in [-0.1, -0.05) is 73.5 Å². The molecule has 1 amide bonds. The van der Waals surface area contributed by atoms with E-state index in [0.717, 1.165) is 39.0 Å². The van der Waals surface area contributed by atoms with Crippen LogP contribution < -0.4 is 0 Å². The Morgan fingerprint density at radius 3 is 2.15 bits per heavy atom. The molecule has 0 aliphatic carbocycles. The molecule has 3 heteroatoms. The number of carbonyl (C=O) groups excluding carboxylic acids is 1. The number of piperazine rings is 1. The SMILES string of the molecule is CCCCC(=O)N1CCN([C@@H](c2ccccc2)c2ccc(C)cc2)CC1. The highest BCUT2D eigenvalue weighted by Gasteiger charge is 2.27.